The average molecular weight is 247 g/mol. The van der Waals surface area contributed by atoms with E-state index in [1.54, 1.807) is 0 Å². The monoisotopic (exact) mass is 247 g/mol. The van der Waals surface area contributed by atoms with Crippen molar-refractivity contribution in [3.63, 3.8) is 0 Å². The third-order valence-corrected chi connectivity index (χ3v) is 3.64. The van der Waals surface area contributed by atoms with Gasteiger partial charge in [0.2, 0.25) is 0 Å². The van der Waals surface area contributed by atoms with Crippen molar-refractivity contribution < 1.29 is 4.74 Å². The van der Waals surface area contributed by atoms with Crippen molar-refractivity contribution in [3.05, 3.63) is 29.8 Å². The van der Waals surface area contributed by atoms with Crippen LogP contribution in [0.3, 0.4) is 0 Å². The Hall–Kier alpha value is -1.02. The first-order chi connectivity index (χ1) is 8.81. The topological polar surface area (TPSA) is 12.5 Å². The molecule has 18 heavy (non-hydrogen) atoms. The Balaban J connectivity index is 1.87. The number of benzene rings is 1. The highest BCUT2D eigenvalue weighted by Crippen LogP contribution is 2.19. The Morgan fingerprint density at radius 2 is 2.00 bits per heavy atom. The SMILES string of the molecule is CCCN1CCCC(Oc2ccc(CC)cc2)C1. The highest BCUT2D eigenvalue weighted by atomic mass is 16.5. The van der Waals surface area contributed by atoms with Crippen molar-refractivity contribution in [3.8, 4) is 5.75 Å². The summed E-state index contributed by atoms with van der Waals surface area (Å²) in [7, 11) is 0. The molecule has 1 aliphatic rings. The minimum Gasteiger partial charge on any atom is -0.489 e. The van der Waals surface area contributed by atoms with E-state index in [1.807, 2.05) is 0 Å². The summed E-state index contributed by atoms with van der Waals surface area (Å²) in [5.74, 6) is 1.02. The fourth-order valence-electron chi connectivity index (χ4n) is 2.62. The second kappa shape index (κ2) is 6.79. The van der Waals surface area contributed by atoms with E-state index in [1.165, 1.54) is 37.9 Å². The second-order valence-corrected chi connectivity index (χ2v) is 5.18. The number of ether oxygens (including phenoxy) is 1. The first-order valence-electron chi connectivity index (χ1n) is 7.29. The van der Waals surface area contributed by atoms with Crippen LogP contribution in [-0.2, 0) is 6.42 Å². The van der Waals surface area contributed by atoms with Crippen molar-refractivity contribution >= 4 is 0 Å². The van der Waals surface area contributed by atoms with E-state index in [0.717, 1.165) is 18.7 Å². The van der Waals surface area contributed by atoms with Crippen LogP contribution in [0.15, 0.2) is 24.3 Å². The summed E-state index contributed by atoms with van der Waals surface area (Å²) in [4.78, 5) is 2.52. The lowest BCUT2D eigenvalue weighted by atomic mass is 10.1. The number of likely N-dealkylation sites (tertiary alicyclic amines) is 1. The highest BCUT2D eigenvalue weighted by Gasteiger charge is 2.20. The zero-order valence-electron chi connectivity index (χ0n) is 11.7. The first kappa shape index (κ1) is 13.4. The van der Waals surface area contributed by atoms with E-state index in [0.29, 0.717) is 6.10 Å². The van der Waals surface area contributed by atoms with Crippen molar-refractivity contribution in [1.29, 1.82) is 0 Å². The molecule has 0 amide bonds. The molecule has 1 unspecified atom stereocenters. The van der Waals surface area contributed by atoms with E-state index < -0.39 is 0 Å². The molecule has 0 spiro atoms. The van der Waals surface area contributed by atoms with Gasteiger partial charge in [-0.15, -0.1) is 0 Å². The zero-order valence-corrected chi connectivity index (χ0v) is 11.7. The number of nitrogens with zero attached hydrogens (tertiary/aromatic N) is 1. The molecule has 0 aliphatic carbocycles. The second-order valence-electron chi connectivity index (χ2n) is 5.18. The number of hydrogen-bond acceptors (Lipinski definition) is 2. The van der Waals surface area contributed by atoms with Crippen LogP contribution >= 0.6 is 0 Å². The van der Waals surface area contributed by atoms with Gasteiger partial charge in [-0.05, 0) is 56.5 Å². The van der Waals surface area contributed by atoms with Crippen LogP contribution in [-0.4, -0.2) is 30.6 Å². The van der Waals surface area contributed by atoms with Crippen LogP contribution in [0, 0.1) is 0 Å². The third-order valence-electron chi connectivity index (χ3n) is 3.64. The van der Waals surface area contributed by atoms with Crippen LogP contribution in [0.2, 0.25) is 0 Å². The predicted molar refractivity (Wildman–Crippen MR) is 76.2 cm³/mol. The van der Waals surface area contributed by atoms with E-state index in [4.69, 9.17) is 4.74 Å². The van der Waals surface area contributed by atoms with Crippen LogP contribution in [0.25, 0.3) is 0 Å². The van der Waals surface area contributed by atoms with Crippen molar-refractivity contribution in [2.75, 3.05) is 19.6 Å². The lowest BCUT2D eigenvalue weighted by molar-refractivity contribution is 0.0887. The smallest absolute Gasteiger partial charge is 0.119 e. The Morgan fingerprint density at radius 1 is 1.22 bits per heavy atom. The van der Waals surface area contributed by atoms with Gasteiger partial charge in [0.1, 0.15) is 11.9 Å². The third kappa shape index (κ3) is 3.74. The van der Waals surface area contributed by atoms with Crippen molar-refractivity contribution in [2.24, 2.45) is 0 Å². The highest BCUT2D eigenvalue weighted by molar-refractivity contribution is 5.27. The molecule has 100 valence electrons. The van der Waals surface area contributed by atoms with Gasteiger partial charge in [-0.3, -0.25) is 4.90 Å². The summed E-state index contributed by atoms with van der Waals surface area (Å²) in [6.07, 6.45) is 5.15. The number of hydrogen-bond donors (Lipinski definition) is 0. The lowest BCUT2D eigenvalue weighted by Gasteiger charge is -2.32. The van der Waals surface area contributed by atoms with Crippen molar-refractivity contribution in [1.82, 2.24) is 4.90 Å². The molecule has 2 nitrogen and oxygen atoms in total. The van der Waals surface area contributed by atoms with Gasteiger partial charge >= 0.3 is 0 Å². The standard InChI is InChI=1S/C16H25NO/c1-3-11-17-12-5-6-16(13-17)18-15-9-7-14(4-2)8-10-15/h7-10,16H,3-6,11-13H2,1-2H3. The molecular formula is C16H25NO. The normalized spacial score (nSPS) is 20.9. The summed E-state index contributed by atoms with van der Waals surface area (Å²) in [5, 5.41) is 0. The lowest BCUT2D eigenvalue weighted by Crippen LogP contribution is -2.41. The summed E-state index contributed by atoms with van der Waals surface area (Å²) in [5.41, 5.74) is 1.37. The van der Waals surface area contributed by atoms with Gasteiger partial charge in [-0.2, -0.15) is 0 Å². The Kier molecular flexibility index (Phi) is 5.06. The van der Waals surface area contributed by atoms with Gasteiger partial charge in [0.15, 0.2) is 0 Å². The molecule has 0 saturated carbocycles. The minimum atomic E-state index is 0.373. The van der Waals surface area contributed by atoms with Gasteiger partial charge in [0, 0.05) is 6.54 Å². The number of piperidine rings is 1. The summed E-state index contributed by atoms with van der Waals surface area (Å²) in [6.45, 7) is 7.95. The number of rotatable bonds is 5. The molecule has 1 aliphatic heterocycles. The molecule has 2 rings (SSSR count). The fraction of sp³-hybridized carbons (Fsp3) is 0.625. The van der Waals surface area contributed by atoms with E-state index in [9.17, 15) is 0 Å². The molecule has 0 aromatic heterocycles. The maximum absolute atomic E-state index is 6.09. The molecule has 1 aromatic carbocycles. The van der Waals surface area contributed by atoms with Crippen LogP contribution in [0.5, 0.6) is 5.75 Å². The molecule has 1 heterocycles. The molecule has 1 aromatic rings. The molecule has 0 N–H and O–H groups in total. The quantitative estimate of drug-likeness (QED) is 0.789. The average Bonchev–Trinajstić information content (AvgIpc) is 2.40. The number of aryl methyl sites for hydroxylation is 1. The van der Waals surface area contributed by atoms with Crippen molar-refractivity contribution in [2.45, 2.75) is 45.6 Å². The summed E-state index contributed by atoms with van der Waals surface area (Å²) < 4.78 is 6.09. The first-order valence-corrected chi connectivity index (χ1v) is 7.29. The molecule has 1 fully saturated rings. The van der Waals surface area contributed by atoms with E-state index in [-0.39, 0.29) is 0 Å². The molecule has 0 bridgehead atoms. The van der Waals surface area contributed by atoms with Gasteiger partial charge in [0.25, 0.3) is 0 Å². The maximum Gasteiger partial charge on any atom is 0.119 e. The Bertz CT molecular complexity index is 345. The molecule has 0 radical (unpaired) electrons. The largest absolute Gasteiger partial charge is 0.489 e. The van der Waals surface area contributed by atoms with Crippen LogP contribution < -0.4 is 4.74 Å². The predicted octanol–water partition coefficient (Wildman–Crippen LogP) is 3.50. The molecular weight excluding hydrogens is 222 g/mol. The van der Waals surface area contributed by atoms with Gasteiger partial charge in [-0.25, -0.2) is 0 Å². The van der Waals surface area contributed by atoms with Gasteiger partial charge < -0.3 is 4.74 Å². The minimum absolute atomic E-state index is 0.373. The maximum atomic E-state index is 6.09. The molecule has 1 saturated heterocycles. The van der Waals surface area contributed by atoms with E-state index in [2.05, 4.69) is 43.0 Å². The molecule has 1 atom stereocenters. The fourth-order valence-corrected chi connectivity index (χ4v) is 2.62. The Labute approximate surface area is 111 Å². The van der Waals surface area contributed by atoms with Crippen LogP contribution in [0.1, 0.15) is 38.7 Å². The van der Waals surface area contributed by atoms with E-state index >= 15 is 0 Å². The van der Waals surface area contributed by atoms with Gasteiger partial charge in [0.05, 0.1) is 0 Å². The zero-order chi connectivity index (χ0) is 12.8. The summed E-state index contributed by atoms with van der Waals surface area (Å²) in [6, 6.07) is 8.55. The van der Waals surface area contributed by atoms with Gasteiger partial charge in [-0.1, -0.05) is 26.0 Å². The Morgan fingerprint density at radius 3 is 2.67 bits per heavy atom. The summed E-state index contributed by atoms with van der Waals surface area (Å²) >= 11 is 0. The molecule has 2 heteroatoms. The van der Waals surface area contributed by atoms with Crippen LogP contribution in [0.4, 0.5) is 0 Å².